The SMILES string of the molecule is CC(C)c1n[nH]c(CC(C)c2ncn[nH]2)n1. The second-order valence-corrected chi connectivity index (χ2v) is 4.27. The van der Waals surface area contributed by atoms with Crippen LogP contribution in [0.5, 0.6) is 0 Å². The van der Waals surface area contributed by atoms with E-state index in [1.165, 1.54) is 6.33 Å². The molecule has 0 radical (unpaired) electrons. The van der Waals surface area contributed by atoms with E-state index in [2.05, 4.69) is 51.1 Å². The molecule has 6 nitrogen and oxygen atoms in total. The average molecular weight is 220 g/mol. The maximum absolute atomic E-state index is 4.43. The van der Waals surface area contributed by atoms with Crippen LogP contribution in [0.3, 0.4) is 0 Å². The summed E-state index contributed by atoms with van der Waals surface area (Å²) >= 11 is 0. The first-order chi connectivity index (χ1) is 7.66. The molecule has 0 spiro atoms. The standard InChI is InChI=1S/C10H16N6/c1-6(2)9-13-8(14-16-9)4-7(3)10-11-5-12-15-10/h5-7H,4H2,1-3H3,(H,11,12,15)(H,13,14,16). The molecule has 0 aliphatic heterocycles. The Labute approximate surface area is 93.9 Å². The van der Waals surface area contributed by atoms with Gasteiger partial charge in [0.2, 0.25) is 0 Å². The molecule has 2 rings (SSSR count). The fourth-order valence-corrected chi connectivity index (χ4v) is 1.50. The van der Waals surface area contributed by atoms with Crippen LogP contribution in [0.25, 0.3) is 0 Å². The topological polar surface area (TPSA) is 83.1 Å². The van der Waals surface area contributed by atoms with Gasteiger partial charge in [-0.2, -0.15) is 10.2 Å². The van der Waals surface area contributed by atoms with Gasteiger partial charge in [0, 0.05) is 18.3 Å². The summed E-state index contributed by atoms with van der Waals surface area (Å²) in [6.45, 7) is 6.23. The van der Waals surface area contributed by atoms with Gasteiger partial charge < -0.3 is 0 Å². The van der Waals surface area contributed by atoms with Gasteiger partial charge in [-0.05, 0) is 0 Å². The van der Waals surface area contributed by atoms with E-state index in [0.717, 1.165) is 23.9 Å². The average Bonchev–Trinajstić information content (AvgIpc) is 2.87. The Morgan fingerprint density at radius 3 is 2.62 bits per heavy atom. The Bertz CT molecular complexity index is 430. The van der Waals surface area contributed by atoms with E-state index in [1.54, 1.807) is 0 Å². The number of nitrogens with zero attached hydrogens (tertiary/aromatic N) is 4. The van der Waals surface area contributed by atoms with E-state index >= 15 is 0 Å². The van der Waals surface area contributed by atoms with Crippen molar-refractivity contribution in [3.05, 3.63) is 23.8 Å². The van der Waals surface area contributed by atoms with E-state index < -0.39 is 0 Å². The lowest BCUT2D eigenvalue weighted by atomic mass is 10.1. The van der Waals surface area contributed by atoms with Crippen LogP contribution < -0.4 is 0 Å². The highest BCUT2D eigenvalue weighted by Crippen LogP contribution is 2.15. The van der Waals surface area contributed by atoms with Crippen molar-refractivity contribution in [1.82, 2.24) is 30.4 Å². The summed E-state index contributed by atoms with van der Waals surface area (Å²) in [7, 11) is 0. The van der Waals surface area contributed by atoms with Gasteiger partial charge in [-0.15, -0.1) is 0 Å². The van der Waals surface area contributed by atoms with Crippen molar-refractivity contribution in [2.75, 3.05) is 0 Å². The number of hydrogen-bond donors (Lipinski definition) is 2. The lowest BCUT2D eigenvalue weighted by Gasteiger charge is -2.04. The van der Waals surface area contributed by atoms with E-state index in [0.29, 0.717) is 5.92 Å². The van der Waals surface area contributed by atoms with Crippen LogP contribution in [0.1, 0.15) is 50.1 Å². The number of hydrogen-bond acceptors (Lipinski definition) is 4. The summed E-state index contributed by atoms with van der Waals surface area (Å²) in [5, 5.41) is 13.8. The lowest BCUT2D eigenvalue weighted by molar-refractivity contribution is 0.675. The lowest BCUT2D eigenvalue weighted by Crippen LogP contribution is -2.02. The molecule has 0 aromatic carbocycles. The van der Waals surface area contributed by atoms with Gasteiger partial charge in [0.05, 0.1) is 0 Å². The predicted molar refractivity (Wildman–Crippen MR) is 59.0 cm³/mol. The molecule has 2 aromatic rings. The fourth-order valence-electron chi connectivity index (χ4n) is 1.50. The van der Waals surface area contributed by atoms with Crippen molar-refractivity contribution in [3.8, 4) is 0 Å². The van der Waals surface area contributed by atoms with Gasteiger partial charge in [0.25, 0.3) is 0 Å². The maximum atomic E-state index is 4.43. The minimum atomic E-state index is 0.260. The molecule has 2 aromatic heterocycles. The van der Waals surface area contributed by atoms with Gasteiger partial charge in [0.1, 0.15) is 18.0 Å². The van der Waals surface area contributed by atoms with E-state index in [1.807, 2.05) is 0 Å². The van der Waals surface area contributed by atoms with Gasteiger partial charge >= 0.3 is 0 Å². The second kappa shape index (κ2) is 4.42. The molecule has 1 unspecified atom stereocenters. The number of aromatic amines is 2. The molecule has 0 fully saturated rings. The van der Waals surface area contributed by atoms with Crippen molar-refractivity contribution in [2.45, 2.75) is 39.0 Å². The fraction of sp³-hybridized carbons (Fsp3) is 0.600. The molecule has 0 saturated heterocycles. The van der Waals surface area contributed by atoms with Crippen molar-refractivity contribution < 1.29 is 0 Å². The van der Waals surface area contributed by atoms with E-state index in [4.69, 9.17) is 0 Å². The van der Waals surface area contributed by atoms with Gasteiger partial charge in [-0.3, -0.25) is 10.2 Å². The highest BCUT2D eigenvalue weighted by Gasteiger charge is 2.13. The van der Waals surface area contributed by atoms with Crippen LogP contribution in [-0.4, -0.2) is 30.4 Å². The summed E-state index contributed by atoms with van der Waals surface area (Å²) in [4.78, 5) is 8.56. The van der Waals surface area contributed by atoms with Crippen LogP contribution in [-0.2, 0) is 6.42 Å². The molecule has 0 aliphatic rings. The van der Waals surface area contributed by atoms with E-state index in [-0.39, 0.29) is 5.92 Å². The number of aromatic nitrogens is 6. The molecular weight excluding hydrogens is 204 g/mol. The Kier molecular flexibility index (Phi) is 2.98. The third-order valence-electron chi connectivity index (χ3n) is 2.47. The van der Waals surface area contributed by atoms with Crippen LogP contribution in [0.4, 0.5) is 0 Å². The first-order valence-corrected chi connectivity index (χ1v) is 5.43. The number of rotatable bonds is 4. The zero-order valence-electron chi connectivity index (χ0n) is 9.73. The van der Waals surface area contributed by atoms with Crippen molar-refractivity contribution in [1.29, 1.82) is 0 Å². The van der Waals surface area contributed by atoms with Crippen molar-refractivity contribution in [2.24, 2.45) is 0 Å². The molecular formula is C10H16N6. The monoisotopic (exact) mass is 220 g/mol. The summed E-state index contributed by atoms with van der Waals surface area (Å²) in [5.41, 5.74) is 0. The second-order valence-electron chi connectivity index (χ2n) is 4.27. The third-order valence-corrected chi connectivity index (χ3v) is 2.47. The molecule has 86 valence electrons. The number of nitrogens with one attached hydrogen (secondary N) is 2. The molecule has 1 atom stereocenters. The normalized spacial score (nSPS) is 13.2. The third kappa shape index (κ3) is 2.26. The quantitative estimate of drug-likeness (QED) is 0.815. The zero-order chi connectivity index (χ0) is 11.5. The Morgan fingerprint density at radius 2 is 2.06 bits per heavy atom. The summed E-state index contributed by atoms with van der Waals surface area (Å²) in [6, 6.07) is 0. The minimum Gasteiger partial charge on any atom is -0.263 e. The van der Waals surface area contributed by atoms with Crippen LogP contribution in [0.2, 0.25) is 0 Å². The maximum Gasteiger partial charge on any atom is 0.153 e. The number of H-pyrrole nitrogens is 2. The Morgan fingerprint density at radius 1 is 1.25 bits per heavy atom. The van der Waals surface area contributed by atoms with Crippen molar-refractivity contribution >= 4 is 0 Å². The largest absolute Gasteiger partial charge is 0.263 e. The predicted octanol–water partition coefficient (Wildman–Crippen LogP) is 1.39. The molecule has 0 saturated carbocycles. The van der Waals surface area contributed by atoms with Crippen LogP contribution in [0, 0.1) is 0 Å². The first kappa shape index (κ1) is 10.8. The highest BCUT2D eigenvalue weighted by molar-refractivity contribution is 5.00. The van der Waals surface area contributed by atoms with Crippen LogP contribution in [0.15, 0.2) is 6.33 Å². The summed E-state index contributed by atoms with van der Waals surface area (Å²) in [5.74, 6) is 3.25. The van der Waals surface area contributed by atoms with Crippen LogP contribution >= 0.6 is 0 Å². The first-order valence-electron chi connectivity index (χ1n) is 5.43. The molecule has 0 bridgehead atoms. The molecule has 6 heteroatoms. The van der Waals surface area contributed by atoms with E-state index in [9.17, 15) is 0 Å². The van der Waals surface area contributed by atoms with Gasteiger partial charge in [-0.25, -0.2) is 9.97 Å². The highest BCUT2D eigenvalue weighted by atomic mass is 15.2. The molecule has 16 heavy (non-hydrogen) atoms. The van der Waals surface area contributed by atoms with Gasteiger partial charge in [0.15, 0.2) is 5.82 Å². The Balaban J connectivity index is 2.03. The zero-order valence-corrected chi connectivity index (χ0v) is 9.73. The smallest absolute Gasteiger partial charge is 0.153 e. The molecule has 0 aliphatic carbocycles. The summed E-state index contributed by atoms with van der Waals surface area (Å²) < 4.78 is 0. The summed E-state index contributed by atoms with van der Waals surface area (Å²) in [6.07, 6.45) is 2.31. The van der Waals surface area contributed by atoms with Crippen molar-refractivity contribution in [3.63, 3.8) is 0 Å². The molecule has 2 heterocycles. The minimum absolute atomic E-state index is 0.260. The molecule has 0 amide bonds. The van der Waals surface area contributed by atoms with Gasteiger partial charge in [-0.1, -0.05) is 20.8 Å². The Hall–Kier alpha value is -1.72. The molecule has 2 N–H and O–H groups in total.